The molecule has 0 aliphatic carbocycles. The number of pyridine rings is 1. The largest absolute Gasteiger partial charge is 0.481 e. The topological polar surface area (TPSA) is 54.6 Å². The number of halogens is 1. The Bertz CT molecular complexity index is 541. The van der Waals surface area contributed by atoms with Gasteiger partial charge in [-0.3, -0.25) is 4.79 Å². The summed E-state index contributed by atoms with van der Waals surface area (Å²) in [5.41, 5.74) is 1.78. The first-order chi connectivity index (χ1) is 8.15. The fourth-order valence-electron chi connectivity index (χ4n) is 1.42. The molecule has 0 aromatic carbocycles. The molecular formula is C11H11ClN2O2S. The van der Waals surface area contributed by atoms with Gasteiger partial charge in [-0.15, -0.1) is 0 Å². The van der Waals surface area contributed by atoms with E-state index < -0.39 is 5.97 Å². The van der Waals surface area contributed by atoms with Gasteiger partial charge in [-0.1, -0.05) is 11.6 Å². The van der Waals surface area contributed by atoms with Gasteiger partial charge in [0.15, 0.2) is 0 Å². The first-order valence-corrected chi connectivity index (χ1v) is 6.61. The van der Waals surface area contributed by atoms with Crippen LogP contribution < -0.4 is 0 Å². The maximum absolute atomic E-state index is 10.3. The molecule has 0 aliphatic rings. The fraction of sp³-hybridized carbons (Fsp3) is 0.273. The van der Waals surface area contributed by atoms with Crippen LogP contribution in [0.1, 0.15) is 12.1 Å². The first kappa shape index (κ1) is 12.3. The number of thioether (sulfide) groups is 1. The molecule has 0 atom stereocenters. The highest BCUT2D eigenvalue weighted by atomic mass is 35.5. The SMILES string of the molecule is O=C(O)CCSCc1cn2cc(Cl)ccc2n1. The van der Waals surface area contributed by atoms with E-state index in [1.165, 1.54) is 0 Å². The summed E-state index contributed by atoms with van der Waals surface area (Å²) in [6, 6.07) is 3.65. The third kappa shape index (κ3) is 3.38. The Morgan fingerprint density at radius 1 is 1.47 bits per heavy atom. The summed E-state index contributed by atoms with van der Waals surface area (Å²) in [6.45, 7) is 0. The molecule has 2 rings (SSSR count). The van der Waals surface area contributed by atoms with Gasteiger partial charge in [-0.05, 0) is 12.1 Å². The normalized spacial score (nSPS) is 10.9. The molecule has 4 nitrogen and oxygen atoms in total. The van der Waals surface area contributed by atoms with E-state index in [4.69, 9.17) is 16.7 Å². The molecular weight excluding hydrogens is 260 g/mol. The molecule has 6 heteroatoms. The van der Waals surface area contributed by atoms with Crippen LogP contribution in [0.4, 0.5) is 0 Å². The Labute approximate surface area is 108 Å². The zero-order valence-electron chi connectivity index (χ0n) is 8.97. The second-order valence-corrected chi connectivity index (χ2v) is 5.08. The number of rotatable bonds is 5. The first-order valence-electron chi connectivity index (χ1n) is 5.08. The van der Waals surface area contributed by atoms with Crippen LogP contribution in [0.25, 0.3) is 5.65 Å². The summed E-state index contributed by atoms with van der Waals surface area (Å²) < 4.78 is 1.87. The number of aromatic nitrogens is 2. The molecule has 1 N–H and O–H groups in total. The van der Waals surface area contributed by atoms with E-state index in [1.54, 1.807) is 24.0 Å². The molecule has 0 radical (unpaired) electrons. The van der Waals surface area contributed by atoms with Crippen molar-refractivity contribution >= 4 is 35.0 Å². The van der Waals surface area contributed by atoms with E-state index in [0.717, 1.165) is 11.3 Å². The van der Waals surface area contributed by atoms with Crippen LogP contribution in [-0.4, -0.2) is 26.2 Å². The van der Waals surface area contributed by atoms with Crippen LogP contribution in [0.15, 0.2) is 24.5 Å². The molecule has 17 heavy (non-hydrogen) atoms. The average Bonchev–Trinajstić information content (AvgIpc) is 2.66. The molecule has 0 bridgehead atoms. The lowest BCUT2D eigenvalue weighted by molar-refractivity contribution is -0.136. The highest BCUT2D eigenvalue weighted by Crippen LogP contribution is 2.16. The van der Waals surface area contributed by atoms with Crippen molar-refractivity contribution in [2.75, 3.05) is 5.75 Å². The van der Waals surface area contributed by atoms with E-state index in [9.17, 15) is 4.79 Å². The van der Waals surface area contributed by atoms with Gasteiger partial charge >= 0.3 is 5.97 Å². The Kier molecular flexibility index (Phi) is 3.91. The molecule has 0 spiro atoms. The fourth-order valence-corrected chi connectivity index (χ4v) is 2.40. The van der Waals surface area contributed by atoms with Gasteiger partial charge in [0.25, 0.3) is 0 Å². The highest BCUT2D eigenvalue weighted by molar-refractivity contribution is 7.98. The van der Waals surface area contributed by atoms with Gasteiger partial charge < -0.3 is 9.51 Å². The molecule has 0 unspecified atom stereocenters. The van der Waals surface area contributed by atoms with Crippen LogP contribution in [0.2, 0.25) is 5.02 Å². The van der Waals surface area contributed by atoms with E-state index in [0.29, 0.717) is 16.5 Å². The number of aliphatic carboxylic acids is 1. The van der Waals surface area contributed by atoms with E-state index in [1.807, 2.05) is 16.7 Å². The maximum Gasteiger partial charge on any atom is 0.304 e. The van der Waals surface area contributed by atoms with Crippen LogP contribution in [-0.2, 0) is 10.5 Å². The van der Waals surface area contributed by atoms with E-state index in [-0.39, 0.29) is 6.42 Å². The lowest BCUT2D eigenvalue weighted by Gasteiger charge is -1.94. The van der Waals surface area contributed by atoms with Crippen molar-refractivity contribution in [3.8, 4) is 0 Å². The number of hydrogen-bond acceptors (Lipinski definition) is 3. The summed E-state index contributed by atoms with van der Waals surface area (Å²) in [4.78, 5) is 14.7. The number of carbonyl (C=O) groups is 1. The third-order valence-electron chi connectivity index (χ3n) is 2.18. The van der Waals surface area contributed by atoms with E-state index >= 15 is 0 Å². The van der Waals surface area contributed by atoms with Crippen molar-refractivity contribution in [1.29, 1.82) is 0 Å². The molecule has 2 heterocycles. The van der Waals surface area contributed by atoms with Crippen molar-refractivity contribution in [3.63, 3.8) is 0 Å². The zero-order valence-corrected chi connectivity index (χ0v) is 10.5. The summed E-state index contributed by atoms with van der Waals surface area (Å²) >= 11 is 7.43. The monoisotopic (exact) mass is 270 g/mol. The van der Waals surface area contributed by atoms with Gasteiger partial charge in [-0.25, -0.2) is 4.98 Å². The summed E-state index contributed by atoms with van der Waals surface area (Å²) in [7, 11) is 0. The molecule has 0 saturated carbocycles. The van der Waals surface area contributed by atoms with Gasteiger partial charge in [0.1, 0.15) is 5.65 Å². The third-order valence-corrected chi connectivity index (χ3v) is 3.39. The number of carboxylic acid groups (broad SMARTS) is 1. The van der Waals surface area contributed by atoms with Crippen LogP contribution in [0.5, 0.6) is 0 Å². The standard InChI is InChI=1S/C11H11ClN2O2S/c12-8-1-2-10-13-9(6-14(10)5-8)7-17-4-3-11(15)16/h1-2,5-6H,3-4,7H2,(H,15,16). The number of fused-ring (bicyclic) bond motifs is 1. The second-order valence-electron chi connectivity index (χ2n) is 3.54. The van der Waals surface area contributed by atoms with Crippen molar-refractivity contribution < 1.29 is 9.90 Å². The minimum Gasteiger partial charge on any atom is -0.481 e. The molecule has 0 saturated heterocycles. The van der Waals surface area contributed by atoms with Crippen molar-refractivity contribution in [2.24, 2.45) is 0 Å². The second kappa shape index (κ2) is 5.42. The van der Waals surface area contributed by atoms with Crippen LogP contribution in [0, 0.1) is 0 Å². The zero-order chi connectivity index (χ0) is 12.3. The van der Waals surface area contributed by atoms with Gasteiger partial charge in [0.2, 0.25) is 0 Å². The average molecular weight is 271 g/mol. The van der Waals surface area contributed by atoms with Crippen LogP contribution >= 0.6 is 23.4 Å². The minimum absolute atomic E-state index is 0.184. The van der Waals surface area contributed by atoms with Crippen LogP contribution in [0.3, 0.4) is 0 Å². The number of imidazole rings is 1. The molecule has 0 fully saturated rings. The minimum atomic E-state index is -0.765. The lowest BCUT2D eigenvalue weighted by atomic mass is 10.5. The lowest BCUT2D eigenvalue weighted by Crippen LogP contribution is -1.96. The van der Waals surface area contributed by atoms with Gasteiger partial charge in [-0.2, -0.15) is 11.8 Å². The van der Waals surface area contributed by atoms with Gasteiger partial charge in [0.05, 0.1) is 17.1 Å². The predicted molar refractivity (Wildman–Crippen MR) is 68.6 cm³/mol. The Hall–Kier alpha value is -1.20. The smallest absolute Gasteiger partial charge is 0.304 e. The van der Waals surface area contributed by atoms with Crippen molar-refractivity contribution in [3.05, 3.63) is 35.2 Å². The molecule has 2 aromatic rings. The quantitative estimate of drug-likeness (QED) is 0.849. The Morgan fingerprint density at radius 3 is 3.06 bits per heavy atom. The molecule has 90 valence electrons. The summed E-state index contributed by atoms with van der Waals surface area (Å²) in [6.07, 6.45) is 3.90. The number of nitrogens with zero attached hydrogens (tertiary/aromatic N) is 2. The predicted octanol–water partition coefficient (Wildman–Crippen LogP) is 2.70. The number of carboxylic acids is 1. The van der Waals surface area contributed by atoms with E-state index in [2.05, 4.69) is 4.98 Å². The summed E-state index contributed by atoms with van der Waals surface area (Å²) in [5.74, 6) is 0.551. The van der Waals surface area contributed by atoms with Gasteiger partial charge in [0, 0.05) is 23.9 Å². The van der Waals surface area contributed by atoms with Crippen molar-refractivity contribution in [1.82, 2.24) is 9.38 Å². The maximum atomic E-state index is 10.3. The summed E-state index contributed by atoms with van der Waals surface area (Å²) in [5, 5.41) is 9.17. The molecule has 0 amide bonds. The molecule has 2 aromatic heterocycles. The van der Waals surface area contributed by atoms with Crippen molar-refractivity contribution in [2.45, 2.75) is 12.2 Å². The highest BCUT2D eigenvalue weighted by Gasteiger charge is 2.03. The Morgan fingerprint density at radius 2 is 2.29 bits per heavy atom. The molecule has 0 aliphatic heterocycles. The number of hydrogen-bond donors (Lipinski definition) is 1. The Balaban J connectivity index is 1.97.